The van der Waals surface area contributed by atoms with Gasteiger partial charge in [0.25, 0.3) is 0 Å². The van der Waals surface area contributed by atoms with Gasteiger partial charge in [-0.1, -0.05) is 13.3 Å². The van der Waals surface area contributed by atoms with Crippen molar-refractivity contribution < 1.29 is 9.59 Å². The van der Waals surface area contributed by atoms with Crippen molar-refractivity contribution in [3.05, 3.63) is 0 Å². The highest BCUT2D eigenvalue weighted by molar-refractivity contribution is 5.87. The molecule has 1 atom stereocenters. The molecule has 0 saturated carbocycles. The zero-order valence-electron chi connectivity index (χ0n) is 9.37. The van der Waals surface area contributed by atoms with Crippen molar-refractivity contribution in [2.45, 2.75) is 44.6 Å². The molecule has 1 amide bonds. The number of amides is 1. The third-order valence-corrected chi connectivity index (χ3v) is 3.43. The highest BCUT2D eigenvalue weighted by Gasteiger charge is 2.40. The minimum atomic E-state index is -0.734. The molecule has 0 aromatic heterocycles. The normalized spacial score (nSPS) is 21.9. The average molecular weight is 212 g/mol. The molecule has 0 aromatic carbocycles. The number of hydrogen-bond acceptors (Lipinski definition) is 3. The Labute approximate surface area is 90.8 Å². The summed E-state index contributed by atoms with van der Waals surface area (Å²) in [7, 11) is 0. The molecule has 1 rings (SSSR count). The van der Waals surface area contributed by atoms with Crippen LogP contribution in [0, 0.1) is 0 Å². The van der Waals surface area contributed by atoms with E-state index in [1.807, 2.05) is 6.92 Å². The predicted octanol–water partition coefficient (Wildman–Crippen LogP) is 0.695. The molecule has 0 bridgehead atoms. The fourth-order valence-corrected chi connectivity index (χ4v) is 2.39. The van der Waals surface area contributed by atoms with Gasteiger partial charge in [0, 0.05) is 6.42 Å². The van der Waals surface area contributed by atoms with Gasteiger partial charge in [-0.05, 0) is 32.4 Å². The summed E-state index contributed by atoms with van der Waals surface area (Å²) in [5.41, 5.74) is 4.73. The van der Waals surface area contributed by atoms with E-state index in [0.717, 1.165) is 32.2 Å². The first-order valence-electron chi connectivity index (χ1n) is 5.66. The van der Waals surface area contributed by atoms with Gasteiger partial charge < -0.3 is 10.5 Å². The van der Waals surface area contributed by atoms with Crippen LogP contribution in [0.1, 0.15) is 39.0 Å². The Balaban J connectivity index is 2.85. The van der Waals surface area contributed by atoms with Gasteiger partial charge in [-0.25, -0.2) is 0 Å². The second-order valence-corrected chi connectivity index (χ2v) is 4.17. The molecule has 1 aliphatic rings. The van der Waals surface area contributed by atoms with Gasteiger partial charge in [0.05, 0.1) is 0 Å². The predicted molar refractivity (Wildman–Crippen MR) is 58.3 cm³/mol. The van der Waals surface area contributed by atoms with Gasteiger partial charge in [0.1, 0.15) is 11.8 Å². The number of piperidine rings is 1. The number of rotatable bonds is 5. The molecule has 86 valence electrons. The number of nitrogens with two attached hydrogens (primary N) is 1. The summed E-state index contributed by atoms with van der Waals surface area (Å²) >= 11 is 0. The lowest BCUT2D eigenvalue weighted by molar-refractivity contribution is -0.134. The summed E-state index contributed by atoms with van der Waals surface area (Å²) in [5, 5.41) is 0. The standard InChI is InChI=1S/C11H20N2O2/c1-2-11(6-9-14,10(12)15)13-7-4-3-5-8-13/h9H,2-8H2,1H3,(H2,12,15). The van der Waals surface area contributed by atoms with E-state index in [9.17, 15) is 9.59 Å². The molecule has 15 heavy (non-hydrogen) atoms. The lowest BCUT2D eigenvalue weighted by Crippen LogP contribution is -2.58. The summed E-state index contributed by atoms with van der Waals surface area (Å²) < 4.78 is 0. The van der Waals surface area contributed by atoms with E-state index < -0.39 is 5.54 Å². The van der Waals surface area contributed by atoms with Crippen LogP contribution in [0.5, 0.6) is 0 Å². The molecule has 0 spiro atoms. The molecule has 1 aliphatic heterocycles. The van der Waals surface area contributed by atoms with Crippen LogP contribution in [0.3, 0.4) is 0 Å². The quantitative estimate of drug-likeness (QED) is 0.682. The Morgan fingerprint density at radius 2 is 2.00 bits per heavy atom. The molecular formula is C11H20N2O2. The monoisotopic (exact) mass is 212 g/mol. The van der Waals surface area contributed by atoms with E-state index in [4.69, 9.17) is 5.73 Å². The maximum Gasteiger partial charge on any atom is 0.238 e. The van der Waals surface area contributed by atoms with Gasteiger partial charge in [-0.2, -0.15) is 0 Å². The highest BCUT2D eigenvalue weighted by atomic mass is 16.2. The van der Waals surface area contributed by atoms with Crippen molar-refractivity contribution in [2.75, 3.05) is 13.1 Å². The summed E-state index contributed by atoms with van der Waals surface area (Å²) in [6.45, 7) is 3.68. The minimum absolute atomic E-state index is 0.221. The molecule has 0 aliphatic carbocycles. The smallest absolute Gasteiger partial charge is 0.238 e. The van der Waals surface area contributed by atoms with Gasteiger partial charge in [-0.15, -0.1) is 0 Å². The van der Waals surface area contributed by atoms with Crippen LogP contribution in [0.4, 0.5) is 0 Å². The summed E-state index contributed by atoms with van der Waals surface area (Å²) in [6, 6.07) is 0. The van der Waals surface area contributed by atoms with Crippen LogP contribution in [-0.4, -0.2) is 35.7 Å². The number of nitrogens with zero attached hydrogens (tertiary/aromatic N) is 1. The number of aldehydes is 1. The molecule has 4 nitrogen and oxygen atoms in total. The number of carbonyl (C=O) groups is 2. The number of hydrogen-bond donors (Lipinski definition) is 1. The second kappa shape index (κ2) is 5.26. The van der Waals surface area contributed by atoms with E-state index in [1.165, 1.54) is 6.42 Å². The summed E-state index contributed by atoms with van der Waals surface area (Å²) in [5.74, 6) is -0.362. The van der Waals surface area contributed by atoms with Crippen LogP contribution in [-0.2, 0) is 9.59 Å². The molecule has 1 fully saturated rings. The largest absolute Gasteiger partial charge is 0.368 e. The first-order chi connectivity index (χ1) is 7.17. The Morgan fingerprint density at radius 3 is 2.40 bits per heavy atom. The van der Waals surface area contributed by atoms with E-state index in [-0.39, 0.29) is 12.3 Å². The van der Waals surface area contributed by atoms with Gasteiger partial charge >= 0.3 is 0 Å². The van der Waals surface area contributed by atoms with Gasteiger partial charge in [-0.3, -0.25) is 9.69 Å². The first-order valence-corrected chi connectivity index (χ1v) is 5.66. The Kier molecular flexibility index (Phi) is 4.27. The fourth-order valence-electron chi connectivity index (χ4n) is 2.39. The number of carbonyl (C=O) groups excluding carboxylic acids is 2. The zero-order valence-corrected chi connectivity index (χ0v) is 9.37. The van der Waals surface area contributed by atoms with Crippen molar-refractivity contribution in [3.63, 3.8) is 0 Å². The molecular weight excluding hydrogens is 192 g/mol. The van der Waals surface area contributed by atoms with Crippen molar-refractivity contribution in [1.29, 1.82) is 0 Å². The maximum atomic E-state index is 11.6. The van der Waals surface area contributed by atoms with Crippen molar-refractivity contribution in [1.82, 2.24) is 4.90 Å². The molecule has 1 heterocycles. The van der Waals surface area contributed by atoms with E-state index >= 15 is 0 Å². The Bertz CT molecular complexity index is 237. The Morgan fingerprint density at radius 1 is 1.40 bits per heavy atom. The van der Waals surface area contributed by atoms with Crippen LogP contribution in [0.15, 0.2) is 0 Å². The molecule has 2 N–H and O–H groups in total. The second-order valence-electron chi connectivity index (χ2n) is 4.17. The van der Waals surface area contributed by atoms with E-state index in [0.29, 0.717) is 6.42 Å². The van der Waals surface area contributed by atoms with Crippen LogP contribution in [0.25, 0.3) is 0 Å². The Hall–Kier alpha value is -0.900. The fraction of sp³-hybridized carbons (Fsp3) is 0.818. The van der Waals surface area contributed by atoms with Crippen molar-refractivity contribution >= 4 is 12.2 Å². The zero-order chi connectivity index (χ0) is 11.3. The molecule has 4 heteroatoms. The van der Waals surface area contributed by atoms with E-state index in [1.54, 1.807) is 0 Å². The topological polar surface area (TPSA) is 63.4 Å². The lowest BCUT2D eigenvalue weighted by Gasteiger charge is -2.42. The SMILES string of the molecule is CCC(CC=O)(C(N)=O)N1CCCCC1. The van der Waals surface area contributed by atoms with Gasteiger partial charge in [0.15, 0.2) is 0 Å². The number of likely N-dealkylation sites (tertiary alicyclic amines) is 1. The maximum absolute atomic E-state index is 11.6. The van der Waals surface area contributed by atoms with Crippen molar-refractivity contribution in [3.8, 4) is 0 Å². The van der Waals surface area contributed by atoms with Crippen molar-refractivity contribution in [2.24, 2.45) is 5.73 Å². The lowest BCUT2D eigenvalue weighted by atomic mass is 9.87. The average Bonchev–Trinajstić information content (AvgIpc) is 2.26. The summed E-state index contributed by atoms with van der Waals surface area (Å²) in [4.78, 5) is 24.3. The van der Waals surface area contributed by atoms with Crippen LogP contribution >= 0.6 is 0 Å². The molecule has 1 unspecified atom stereocenters. The molecule has 0 aromatic rings. The first kappa shape index (κ1) is 12.2. The van der Waals surface area contributed by atoms with Crippen LogP contribution in [0.2, 0.25) is 0 Å². The third-order valence-electron chi connectivity index (χ3n) is 3.43. The summed E-state index contributed by atoms with van der Waals surface area (Å²) in [6.07, 6.45) is 5.03. The molecule has 1 saturated heterocycles. The molecule has 0 radical (unpaired) electrons. The highest BCUT2D eigenvalue weighted by Crippen LogP contribution is 2.26. The van der Waals surface area contributed by atoms with E-state index in [2.05, 4.69) is 4.90 Å². The number of primary amides is 1. The third kappa shape index (κ3) is 2.37. The van der Waals surface area contributed by atoms with Gasteiger partial charge in [0.2, 0.25) is 5.91 Å². The minimum Gasteiger partial charge on any atom is -0.368 e. The van der Waals surface area contributed by atoms with Crippen LogP contribution < -0.4 is 5.73 Å².